The van der Waals surface area contributed by atoms with Gasteiger partial charge in [0.15, 0.2) is 0 Å². The van der Waals surface area contributed by atoms with E-state index in [1.54, 1.807) is 0 Å². The van der Waals surface area contributed by atoms with Crippen molar-refractivity contribution in [2.45, 2.75) is 157 Å². The summed E-state index contributed by atoms with van der Waals surface area (Å²) in [6, 6.07) is -0.606. The first-order chi connectivity index (χ1) is 17.0. The van der Waals surface area contributed by atoms with E-state index < -0.39 is 48.1 Å². The minimum Gasteiger partial charge on any atom is -0.392 e. The molecule has 7 atom stereocenters. The Morgan fingerprint density at radius 3 is 1.95 bits per heavy atom. The van der Waals surface area contributed by atoms with E-state index in [9.17, 15) is 25.5 Å². The first-order valence-corrected chi connectivity index (χ1v) is 14.8. The molecule has 0 heterocycles. The fraction of sp³-hybridized carbons (Fsp3) is 0.967. The van der Waals surface area contributed by atoms with E-state index in [2.05, 4.69) is 60.7 Å². The molecule has 1 fully saturated rings. The fourth-order valence-electron chi connectivity index (χ4n) is 6.36. The van der Waals surface area contributed by atoms with Crippen molar-refractivity contribution in [3.8, 4) is 0 Å². The van der Waals surface area contributed by atoms with Gasteiger partial charge in [0, 0.05) is 12.8 Å². The summed E-state index contributed by atoms with van der Waals surface area (Å²) in [5.74, 6) is 0. The van der Waals surface area contributed by atoms with E-state index in [0.717, 1.165) is 12.8 Å². The van der Waals surface area contributed by atoms with E-state index in [1.165, 1.54) is 0 Å². The molecule has 8 heteroatoms. The zero-order chi connectivity index (χ0) is 29.7. The van der Waals surface area contributed by atoms with Gasteiger partial charge < -0.3 is 35.6 Å². The molecule has 0 aromatic carbocycles. The molecule has 0 saturated heterocycles. The van der Waals surface area contributed by atoms with Gasteiger partial charge in [-0.2, -0.15) is 0 Å². The van der Waals surface area contributed by atoms with Crippen LogP contribution in [0.4, 0.5) is 0 Å². The van der Waals surface area contributed by atoms with Gasteiger partial charge >= 0.3 is 0 Å². The Hall–Kier alpha value is -0.350. The van der Waals surface area contributed by atoms with E-state index >= 15 is 0 Å². The normalized spacial score (nSPS) is 26.4. The number of aliphatic hydroxyl groups excluding tert-OH is 5. The monoisotopic (exact) mass is 561 g/mol. The van der Waals surface area contributed by atoms with Gasteiger partial charge in [0.05, 0.1) is 42.1 Å². The topological polar surface area (TPSA) is 122 Å². The summed E-state index contributed by atoms with van der Waals surface area (Å²) in [4.78, 5) is 0.618. The number of aliphatic hydroxyl groups is 5. The molecule has 1 saturated carbocycles. The van der Waals surface area contributed by atoms with Gasteiger partial charge in [-0.3, -0.25) is 0 Å². The van der Waals surface area contributed by atoms with Crippen molar-refractivity contribution < 1.29 is 30.3 Å². The number of rotatable bonds is 12. The molecular weight excluding hydrogens is 502 g/mol. The molecule has 0 aliphatic heterocycles. The Bertz CT molecular complexity index is 729. The summed E-state index contributed by atoms with van der Waals surface area (Å²) < 4.78 is 6.05. The molecule has 7 nitrogen and oxygen atoms in total. The third-order valence-corrected chi connectivity index (χ3v) is 7.68. The Morgan fingerprint density at radius 1 is 0.868 bits per heavy atom. The summed E-state index contributed by atoms with van der Waals surface area (Å²) in [6.45, 7) is 21.5. The van der Waals surface area contributed by atoms with E-state index in [1.807, 2.05) is 13.8 Å². The lowest BCUT2D eigenvalue weighted by molar-refractivity contribution is -0.121. The molecule has 1 aliphatic rings. The van der Waals surface area contributed by atoms with Gasteiger partial charge in [0.1, 0.15) is 12.2 Å². The molecule has 0 amide bonds. The highest BCUT2D eigenvalue weighted by atomic mass is 32.1. The van der Waals surface area contributed by atoms with Crippen LogP contribution in [0.25, 0.3) is 0 Å². The molecular formula is C30H59NO6S. The van der Waals surface area contributed by atoms with E-state index in [4.69, 9.17) is 17.0 Å². The number of nitrogens with one attached hydrogen (secondary N) is 1. The Kier molecular flexibility index (Phi) is 13.2. The van der Waals surface area contributed by atoms with Gasteiger partial charge in [-0.1, -0.05) is 81.5 Å². The lowest BCUT2D eigenvalue weighted by atomic mass is 9.71. The van der Waals surface area contributed by atoms with Crippen molar-refractivity contribution in [3.63, 3.8) is 0 Å². The number of hydrogen-bond acceptors (Lipinski definition) is 7. The zero-order valence-electron chi connectivity index (χ0n) is 25.8. The van der Waals surface area contributed by atoms with Crippen LogP contribution in [0.2, 0.25) is 0 Å². The second-order valence-electron chi connectivity index (χ2n) is 15.6. The molecule has 7 unspecified atom stereocenters. The van der Waals surface area contributed by atoms with E-state index in [-0.39, 0.29) is 29.3 Å². The maximum Gasteiger partial charge on any atom is 0.108 e. The van der Waals surface area contributed by atoms with Crippen LogP contribution >= 0.6 is 12.2 Å². The largest absolute Gasteiger partial charge is 0.392 e. The number of hydrogen-bond donors (Lipinski definition) is 6. The van der Waals surface area contributed by atoms with Crippen LogP contribution in [0, 0.1) is 21.7 Å². The summed E-state index contributed by atoms with van der Waals surface area (Å²) in [6.07, 6.45) is -1.83. The van der Waals surface area contributed by atoms with Crippen LogP contribution in [0.15, 0.2) is 0 Å². The van der Waals surface area contributed by atoms with Crippen molar-refractivity contribution in [2.75, 3.05) is 6.61 Å². The lowest BCUT2D eigenvalue weighted by Crippen LogP contribution is -2.51. The molecule has 0 bridgehead atoms. The third kappa shape index (κ3) is 12.9. The van der Waals surface area contributed by atoms with Crippen LogP contribution < -0.4 is 5.32 Å². The molecule has 0 aromatic heterocycles. The van der Waals surface area contributed by atoms with Crippen LogP contribution in [0.5, 0.6) is 0 Å². The maximum absolute atomic E-state index is 11.3. The average molecular weight is 562 g/mol. The summed E-state index contributed by atoms with van der Waals surface area (Å²) >= 11 is 5.73. The van der Waals surface area contributed by atoms with Crippen molar-refractivity contribution >= 4 is 17.2 Å². The standard InChI is InChI=1S/C30H59NO6S/c1-27(2,3)17-29(7,8)15-24(38)31-19(16-37-22-13-11-12-20(32)25(35)26(22)36)21(33)14-23(34)30(9,10)18-28(4,5)6/h19-23,25-26,32-36H,11-18H2,1-10H3,(H,31,38). The zero-order valence-corrected chi connectivity index (χ0v) is 26.6. The fourth-order valence-corrected chi connectivity index (χ4v) is 6.90. The lowest BCUT2D eigenvalue weighted by Gasteiger charge is -2.39. The minimum absolute atomic E-state index is 0.0252. The van der Waals surface area contributed by atoms with Crippen LogP contribution in [0.1, 0.15) is 114 Å². The molecule has 38 heavy (non-hydrogen) atoms. The predicted octanol–water partition coefficient (Wildman–Crippen LogP) is 4.35. The number of ether oxygens (including phenoxy) is 1. The third-order valence-electron chi connectivity index (χ3n) is 7.42. The highest BCUT2D eigenvalue weighted by Crippen LogP contribution is 2.38. The first-order valence-electron chi connectivity index (χ1n) is 14.3. The number of thiocarbonyl (C=S) groups is 1. The second kappa shape index (κ2) is 14.0. The molecule has 0 aromatic rings. The quantitative estimate of drug-likeness (QED) is 0.154. The van der Waals surface area contributed by atoms with Gasteiger partial charge in [-0.05, 0) is 53.8 Å². The van der Waals surface area contributed by atoms with Gasteiger partial charge in [-0.15, -0.1) is 0 Å². The van der Waals surface area contributed by atoms with Crippen molar-refractivity contribution in [1.29, 1.82) is 0 Å². The van der Waals surface area contributed by atoms with Gasteiger partial charge in [0.25, 0.3) is 0 Å². The van der Waals surface area contributed by atoms with Crippen LogP contribution in [0.3, 0.4) is 0 Å². The highest BCUT2D eigenvalue weighted by Gasteiger charge is 2.38. The Labute approximate surface area is 237 Å². The van der Waals surface area contributed by atoms with Gasteiger partial charge in [-0.25, -0.2) is 0 Å². The molecule has 1 rings (SSSR count). The Balaban J connectivity index is 3.02. The predicted molar refractivity (Wildman–Crippen MR) is 158 cm³/mol. The average Bonchev–Trinajstić information content (AvgIpc) is 2.80. The highest BCUT2D eigenvalue weighted by molar-refractivity contribution is 7.80. The minimum atomic E-state index is -1.28. The second-order valence-corrected chi connectivity index (χ2v) is 16.1. The summed E-state index contributed by atoms with van der Waals surface area (Å²) in [7, 11) is 0. The van der Waals surface area contributed by atoms with Crippen molar-refractivity contribution in [1.82, 2.24) is 5.32 Å². The first kappa shape index (κ1) is 35.7. The van der Waals surface area contributed by atoms with Gasteiger partial charge in [0.2, 0.25) is 0 Å². The maximum atomic E-state index is 11.3. The van der Waals surface area contributed by atoms with Crippen LogP contribution in [-0.2, 0) is 4.74 Å². The van der Waals surface area contributed by atoms with Crippen molar-refractivity contribution in [3.05, 3.63) is 0 Å². The molecule has 226 valence electrons. The molecule has 6 N–H and O–H groups in total. The SMILES string of the molecule is CC(C)(C)CC(C)(C)CC(=S)NC(COC1CCCC(O)C(O)C1O)C(O)CC(O)C(C)(C)CC(C)(C)C. The summed E-state index contributed by atoms with van der Waals surface area (Å²) in [5, 5.41) is 56.5. The smallest absolute Gasteiger partial charge is 0.108 e. The summed E-state index contributed by atoms with van der Waals surface area (Å²) in [5.41, 5.74) is -0.287. The van der Waals surface area contributed by atoms with Crippen molar-refractivity contribution in [2.24, 2.45) is 21.7 Å². The van der Waals surface area contributed by atoms with E-state index in [0.29, 0.717) is 30.7 Å². The molecule has 0 spiro atoms. The van der Waals surface area contributed by atoms with Crippen LogP contribution in [-0.4, -0.2) is 79.8 Å². The molecule has 1 aliphatic carbocycles. The Morgan fingerprint density at radius 2 is 1.42 bits per heavy atom. The molecule has 0 radical (unpaired) electrons.